The van der Waals surface area contributed by atoms with Crippen LogP contribution in [0, 0.1) is 5.82 Å². The average Bonchev–Trinajstić information content (AvgIpc) is 2.78. The number of fused-ring (bicyclic) bond motifs is 1. The van der Waals surface area contributed by atoms with Crippen LogP contribution in [0.25, 0.3) is 33.3 Å². The molecule has 4 aromatic rings. The van der Waals surface area contributed by atoms with Gasteiger partial charge >= 0.3 is 5.97 Å². The number of ether oxygens (including phenoxy) is 2. The number of halogens is 1. The number of carbonyl (C=O) groups is 1. The van der Waals surface area contributed by atoms with Crippen molar-refractivity contribution >= 4 is 16.9 Å². The summed E-state index contributed by atoms with van der Waals surface area (Å²) in [6, 6.07) is 18.8. The monoisotopic (exact) mass is 417 g/mol. The van der Waals surface area contributed by atoms with Crippen molar-refractivity contribution in [3.63, 3.8) is 0 Å². The number of nitrogens with zero attached hydrogens (tertiary/aromatic N) is 1. The highest BCUT2D eigenvalue weighted by atomic mass is 19.1. The lowest BCUT2D eigenvalue weighted by atomic mass is 9.98. The molecule has 0 fully saturated rings. The molecule has 0 saturated carbocycles. The number of benzene rings is 3. The smallest absolute Gasteiger partial charge is 0.336 e. The van der Waals surface area contributed by atoms with Crippen LogP contribution in [0.15, 0.2) is 66.7 Å². The van der Waals surface area contributed by atoms with E-state index in [1.54, 1.807) is 0 Å². The predicted octanol–water partition coefficient (Wildman–Crippen LogP) is 5.81. The van der Waals surface area contributed by atoms with Crippen molar-refractivity contribution in [2.75, 3.05) is 13.7 Å². The summed E-state index contributed by atoms with van der Waals surface area (Å²) < 4.78 is 25.4. The van der Waals surface area contributed by atoms with Crippen LogP contribution in [0.2, 0.25) is 0 Å². The Hall–Kier alpha value is -3.93. The molecule has 1 heterocycles. The molecule has 0 spiro atoms. The maximum atomic E-state index is 13.7. The van der Waals surface area contributed by atoms with Crippen LogP contribution in [0.5, 0.6) is 11.5 Å². The lowest BCUT2D eigenvalue weighted by Gasteiger charge is -2.18. The number of carboxylic acid groups (broad SMARTS) is 1. The first kappa shape index (κ1) is 20.3. The van der Waals surface area contributed by atoms with Gasteiger partial charge < -0.3 is 14.6 Å². The molecule has 4 rings (SSSR count). The van der Waals surface area contributed by atoms with Gasteiger partial charge in [-0.1, -0.05) is 30.3 Å². The Kier molecular flexibility index (Phi) is 5.54. The van der Waals surface area contributed by atoms with Gasteiger partial charge in [0.15, 0.2) is 11.5 Å². The van der Waals surface area contributed by atoms with Crippen molar-refractivity contribution in [2.24, 2.45) is 0 Å². The van der Waals surface area contributed by atoms with E-state index < -0.39 is 11.8 Å². The molecule has 0 aliphatic carbocycles. The standard InChI is InChI=1S/C25H20FNO4/c1-3-31-24-17(15-7-5-4-6-8-15)10-11-18(23(24)30-2)22-14-20(25(28)29)19-13-16(26)9-12-21(19)27-22/h4-14H,3H2,1-2H3,(H,28,29). The molecule has 31 heavy (non-hydrogen) atoms. The molecule has 1 aromatic heterocycles. The zero-order chi connectivity index (χ0) is 22.0. The number of aromatic nitrogens is 1. The van der Waals surface area contributed by atoms with E-state index in [4.69, 9.17) is 9.47 Å². The van der Waals surface area contributed by atoms with Crippen LogP contribution in [-0.4, -0.2) is 29.8 Å². The fraction of sp³-hybridized carbons (Fsp3) is 0.120. The zero-order valence-electron chi connectivity index (χ0n) is 17.1. The molecule has 0 bridgehead atoms. The van der Waals surface area contributed by atoms with Gasteiger partial charge in [-0.2, -0.15) is 0 Å². The Morgan fingerprint density at radius 3 is 2.42 bits per heavy atom. The lowest BCUT2D eigenvalue weighted by Crippen LogP contribution is -2.03. The number of aromatic carboxylic acids is 1. The lowest BCUT2D eigenvalue weighted by molar-refractivity contribution is 0.0699. The quantitative estimate of drug-likeness (QED) is 0.429. The first-order chi connectivity index (χ1) is 15.0. The molecule has 5 nitrogen and oxygen atoms in total. The van der Waals surface area contributed by atoms with Crippen LogP contribution >= 0.6 is 0 Å². The van der Waals surface area contributed by atoms with Gasteiger partial charge in [0, 0.05) is 16.5 Å². The maximum absolute atomic E-state index is 13.7. The highest BCUT2D eigenvalue weighted by molar-refractivity contribution is 6.04. The van der Waals surface area contributed by atoms with Crippen molar-refractivity contribution in [1.29, 1.82) is 0 Å². The van der Waals surface area contributed by atoms with Crippen LogP contribution in [0.1, 0.15) is 17.3 Å². The molecule has 0 amide bonds. The summed E-state index contributed by atoms with van der Waals surface area (Å²) in [6.07, 6.45) is 0. The van der Waals surface area contributed by atoms with E-state index in [1.165, 1.54) is 31.4 Å². The Labute approximate surface area is 178 Å². The molecular formula is C25H20FNO4. The normalized spacial score (nSPS) is 10.8. The van der Waals surface area contributed by atoms with Crippen LogP contribution in [0.4, 0.5) is 4.39 Å². The molecule has 0 saturated heterocycles. The van der Waals surface area contributed by atoms with Gasteiger partial charge in [-0.15, -0.1) is 0 Å². The van der Waals surface area contributed by atoms with Gasteiger partial charge in [-0.3, -0.25) is 0 Å². The molecule has 6 heteroatoms. The van der Waals surface area contributed by atoms with Gasteiger partial charge in [0.05, 0.1) is 30.5 Å². The van der Waals surface area contributed by atoms with Crippen LogP contribution in [0.3, 0.4) is 0 Å². The third-order valence-corrected chi connectivity index (χ3v) is 4.97. The molecule has 0 aliphatic rings. The molecule has 0 unspecified atom stereocenters. The number of hydrogen-bond donors (Lipinski definition) is 1. The second kappa shape index (κ2) is 8.44. The number of rotatable bonds is 6. The maximum Gasteiger partial charge on any atom is 0.336 e. The summed E-state index contributed by atoms with van der Waals surface area (Å²) in [5, 5.41) is 9.93. The first-order valence-corrected chi connectivity index (χ1v) is 9.76. The SMILES string of the molecule is CCOc1c(-c2ccccc2)ccc(-c2cc(C(=O)O)c3cc(F)ccc3n2)c1OC. The second-order valence-corrected chi connectivity index (χ2v) is 6.84. The molecule has 0 atom stereocenters. The van der Waals surface area contributed by atoms with Gasteiger partial charge in [-0.05, 0) is 48.9 Å². The van der Waals surface area contributed by atoms with Gasteiger partial charge in [0.2, 0.25) is 0 Å². The van der Waals surface area contributed by atoms with Crippen LogP contribution < -0.4 is 9.47 Å². The minimum atomic E-state index is -1.16. The summed E-state index contributed by atoms with van der Waals surface area (Å²) in [5.74, 6) is -0.683. The summed E-state index contributed by atoms with van der Waals surface area (Å²) in [6.45, 7) is 2.30. The van der Waals surface area contributed by atoms with E-state index in [1.807, 2.05) is 49.4 Å². The largest absolute Gasteiger partial charge is 0.492 e. The van der Waals surface area contributed by atoms with Crippen molar-refractivity contribution in [2.45, 2.75) is 6.92 Å². The van der Waals surface area contributed by atoms with Crippen molar-refractivity contribution in [1.82, 2.24) is 4.98 Å². The van der Waals surface area contributed by atoms with E-state index >= 15 is 0 Å². The Bertz CT molecular complexity index is 1270. The fourth-order valence-corrected chi connectivity index (χ4v) is 3.61. The molecular weight excluding hydrogens is 397 g/mol. The van der Waals surface area contributed by atoms with Crippen molar-refractivity contribution in [3.05, 3.63) is 78.1 Å². The summed E-state index contributed by atoms with van der Waals surface area (Å²) in [4.78, 5) is 16.4. The third kappa shape index (κ3) is 3.80. The molecule has 1 N–H and O–H groups in total. The number of hydrogen-bond acceptors (Lipinski definition) is 4. The minimum absolute atomic E-state index is 0.0355. The van der Waals surface area contributed by atoms with E-state index in [9.17, 15) is 14.3 Å². The van der Waals surface area contributed by atoms with Gasteiger partial charge in [-0.25, -0.2) is 14.2 Å². The van der Waals surface area contributed by atoms with Gasteiger partial charge in [0.1, 0.15) is 5.82 Å². The predicted molar refractivity (Wildman–Crippen MR) is 117 cm³/mol. The highest BCUT2D eigenvalue weighted by Crippen LogP contribution is 2.45. The third-order valence-electron chi connectivity index (χ3n) is 4.97. The number of pyridine rings is 1. The molecule has 156 valence electrons. The Balaban J connectivity index is 1.98. The zero-order valence-corrected chi connectivity index (χ0v) is 17.1. The average molecular weight is 417 g/mol. The molecule has 0 radical (unpaired) electrons. The number of methoxy groups -OCH3 is 1. The highest BCUT2D eigenvalue weighted by Gasteiger charge is 2.21. The van der Waals surface area contributed by atoms with E-state index in [0.717, 1.165) is 11.1 Å². The van der Waals surface area contributed by atoms with E-state index in [0.29, 0.717) is 34.9 Å². The van der Waals surface area contributed by atoms with E-state index in [2.05, 4.69) is 4.98 Å². The Morgan fingerprint density at radius 2 is 1.74 bits per heavy atom. The summed E-state index contributed by atoms with van der Waals surface area (Å²) in [7, 11) is 1.53. The number of carboxylic acids is 1. The summed E-state index contributed by atoms with van der Waals surface area (Å²) in [5.41, 5.74) is 3.14. The minimum Gasteiger partial charge on any atom is -0.492 e. The van der Waals surface area contributed by atoms with Gasteiger partial charge in [0.25, 0.3) is 0 Å². The molecule has 0 aliphatic heterocycles. The molecule has 3 aromatic carbocycles. The Morgan fingerprint density at radius 1 is 1.00 bits per heavy atom. The fourth-order valence-electron chi connectivity index (χ4n) is 3.61. The van der Waals surface area contributed by atoms with Crippen molar-refractivity contribution < 1.29 is 23.8 Å². The first-order valence-electron chi connectivity index (χ1n) is 9.76. The summed E-state index contributed by atoms with van der Waals surface area (Å²) >= 11 is 0. The van der Waals surface area contributed by atoms with Crippen LogP contribution in [-0.2, 0) is 0 Å². The topological polar surface area (TPSA) is 68.7 Å². The second-order valence-electron chi connectivity index (χ2n) is 6.84. The van der Waals surface area contributed by atoms with Crippen molar-refractivity contribution in [3.8, 4) is 33.9 Å². The van der Waals surface area contributed by atoms with E-state index in [-0.39, 0.29) is 10.9 Å².